The molecule has 1 aliphatic rings. The Kier molecular flexibility index (Phi) is 6.18. The van der Waals surface area contributed by atoms with Gasteiger partial charge in [0.05, 0.1) is 41.6 Å². The number of aromatic amines is 1. The van der Waals surface area contributed by atoms with Crippen LogP contribution in [0.5, 0.6) is 5.75 Å². The Balaban J connectivity index is 1.78. The van der Waals surface area contributed by atoms with Gasteiger partial charge in [0, 0.05) is 30.0 Å². The second-order valence-corrected chi connectivity index (χ2v) is 7.57. The van der Waals surface area contributed by atoms with E-state index in [1.807, 2.05) is 31.2 Å². The molecule has 1 N–H and O–H groups in total. The number of H-pyrrole nitrogens is 1. The number of aliphatic imine (C=N–C) groups is 1. The van der Waals surface area contributed by atoms with E-state index in [-0.39, 0.29) is 17.4 Å². The van der Waals surface area contributed by atoms with Crippen molar-refractivity contribution in [2.24, 2.45) is 4.99 Å². The predicted octanol–water partition coefficient (Wildman–Crippen LogP) is 3.74. The molecule has 0 radical (unpaired) electrons. The van der Waals surface area contributed by atoms with E-state index in [4.69, 9.17) is 9.47 Å². The lowest BCUT2D eigenvalue weighted by atomic mass is 10.0. The minimum atomic E-state index is -0.475. The highest BCUT2D eigenvalue weighted by atomic mass is 16.6. The Morgan fingerprint density at radius 2 is 1.97 bits per heavy atom. The molecule has 9 heteroatoms. The van der Waals surface area contributed by atoms with Gasteiger partial charge in [0.15, 0.2) is 0 Å². The zero-order valence-electron chi connectivity index (χ0n) is 17.9. The quantitative estimate of drug-likeness (QED) is 0.344. The zero-order valence-corrected chi connectivity index (χ0v) is 17.9. The minimum Gasteiger partial charge on any atom is -0.497 e. The lowest BCUT2D eigenvalue weighted by molar-refractivity contribution is -0.384. The van der Waals surface area contributed by atoms with E-state index in [9.17, 15) is 14.9 Å². The molecule has 0 aliphatic carbocycles. The molecule has 0 spiro atoms. The minimum absolute atomic E-state index is 0.0433. The Bertz CT molecular complexity index is 1190. The second-order valence-electron chi connectivity index (χ2n) is 7.57. The predicted molar refractivity (Wildman–Crippen MR) is 121 cm³/mol. The summed E-state index contributed by atoms with van der Waals surface area (Å²) in [6.07, 6.45) is 2.06. The maximum absolute atomic E-state index is 13.4. The number of nitro benzene ring substituents is 1. The molecule has 2 aromatic carbocycles. The van der Waals surface area contributed by atoms with Crippen LogP contribution in [0.2, 0.25) is 0 Å². The smallest absolute Gasteiger partial charge is 0.280 e. The van der Waals surface area contributed by atoms with Crippen LogP contribution in [-0.4, -0.2) is 46.8 Å². The van der Waals surface area contributed by atoms with Crippen LogP contribution in [-0.2, 0) is 4.74 Å². The van der Waals surface area contributed by atoms with E-state index in [2.05, 4.69) is 10.1 Å². The first-order chi connectivity index (χ1) is 15.5. The van der Waals surface area contributed by atoms with Gasteiger partial charge in [0.2, 0.25) is 0 Å². The first-order valence-electron chi connectivity index (χ1n) is 10.3. The van der Waals surface area contributed by atoms with Crippen molar-refractivity contribution >= 4 is 11.4 Å². The lowest BCUT2D eigenvalue weighted by Crippen LogP contribution is -2.20. The highest BCUT2D eigenvalue weighted by molar-refractivity contribution is 6.03. The highest BCUT2D eigenvalue weighted by Crippen LogP contribution is 2.25. The fraction of sp³-hybridized carbons (Fsp3) is 0.304. The molecule has 3 aromatic rings. The van der Waals surface area contributed by atoms with Gasteiger partial charge in [-0.3, -0.25) is 25.0 Å². The Hall–Kier alpha value is -3.72. The summed E-state index contributed by atoms with van der Waals surface area (Å²) < 4.78 is 12.3. The zero-order chi connectivity index (χ0) is 22.7. The van der Waals surface area contributed by atoms with E-state index < -0.39 is 4.92 Å². The number of hydrogen-bond acceptors (Lipinski definition) is 6. The molecule has 32 heavy (non-hydrogen) atoms. The van der Waals surface area contributed by atoms with Gasteiger partial charge in [-0.05, 0) is 56.2 Å². The third-order valence-electron chi connectivity index (χ3n) is 5.51. The van der Waals surface area contributed by atoms with Gasteiger partial charge in [0.1, 0.15) is 5.75 Å². The number of hydrogen-bond donors (Lipinski definition) is 1. The monoisotopic (exact) mass is 436 g/mol. The van der Waals surface area contributed by atoms with Gasteiger partial charge < -0.3 is 9.47 Å². The first kappa shape index (κ1) is 21.5. The molecule has 166 valence electrons. The second kappa shape index (κ2) is 9.19. The molecular formula is C23H24N4O5. The van der Waals surface area contributed by atoms with Crippen LogP contribution in [0, 0.1) is 10.1 Å². The molecule has 1 aromatic heterocycles. The maximum Gasteiger partial charge on any atom is 0.280 e. The molecule has 1 fully saturated rings. The van der Waals surface area contributed by atoms with Crippen molar-refractivity contribution in [1.82, 2.24) is 9.78 Å². The number of methoxy groups -OCH3 is 1. The van der Waals surface area contributed by atoms with Crippen molar-refractivity contribution in [2.45, 2.75) is 25.9 Å². The SMILES string of the molecule is COc1ccc(-c2[nH]n(-c3ccc([N+](=O)[O-])cc3)c(=O)c2C(C)=NCC2CCCO2)cc1. The van der Waals surface area contributed by atoms with E-state index in [1.165, 1.54) is 28.9 Å². The van der Waals surface area contributed by atoms with Gasteiger partial charge in [-0.1, -0.05) is 0 Å². The number of rotatable bonds is 7. The number of nitrogens with zero attached hydrogens (tertiary/aromatic N) is 3. The summed E-state index contributed by atoms with van der Waals surface area (Å²) >= 11 is 0. The number of non-ortho nitro benzene ring substituents is 1. The van der Waals surface area contributed by atoms with Crippen LogP contribution >= 0.6 is 0 Å². The van der Waals surface area contributed by atoms with Crippen LogP contribution in [0.1, 0.15) is 25.3 Å². The number of nitrogens with one attached hydrogen (secondary N) is 1. The third-order valence-corrected chi connectivity index (χ3v) is 5.51. The van der Waals surface area contributed by atoms with Crippen LogP contribution in [0.15, 0.2) is 58.3 Å². The van der Waals surface area contributed by atoms with E-state index >= 15 is 0 Å². The molecule has 0 saturated carbocycles. The fourth-order valence-corrected chi connectivity index (χ4v) is 3.75. The van der Waals surface area contributed by atoms with Crippen molar-refractivity contribution in [3.63, 3.8) is 0 Å². The van der Waals surface area contributed by atoms with Gasteiger partial charge in [0.25, 0.3) is 11.2 Å². The van der Waals surface area contributed by atoms with Crippen LogP contribution in [0.3, 0.4) is 0 Å². The van der Waals surface area contributed by atoms with Crippen LogP contribution in [0.4, 0.5) is 5.69 Å². The van der Waals surface area contributed by atoms with Gasteiger partial charge in [-0.15, -0.1) is 0 Å². The molecule has 1 unspecified atom stereocenters. The number of benzene rings is 2. The fourth-order valence-electron chi connectivity index (χ4n) is 3.75. The normalized spacial score (nSPS) is 16.3. The van der Waals surface area contributed by atoms with Crippen molar-refractivity contribution in [3.05, 3.63) is 74.6 Å². The molecular weight excluding hydrogens is 412 g/mol. The average molecular weight is 436 g/mol. The lowest BCUT2D eigenvalue weighted by Gasteiger charge is -2.07. The molecule has 1 atom stereocenters. The highest BCUT2D eigenvalue weighted by Gasteiger charge is 2.21. The van der Waals surface area contributed by atoms with Crippen molar-refractivity contribution in [3.8, 4) is 22.7 Å². The van der Waals surface area contributed by atoms with Gasteiger partial charge in [-0.2, -0.15) is 0 Å². The molecule has 0 amide bonds. The molecule has 4 rings (SSSR count). The number of ether oxygens (including phenoxy) is 2. The average Bonchev–Trinajstić information content (AvgIpc) is 3.45. The Morgan fingerprint density at radius 3 is 2.56 bits per heavy atom. The maximum atomic E-state index is 13.4. The summed E-state index contributed by atoms with van der Waals surface area (Å²) in [5.74, 6) is 0.705. The Morgan fingerprint density at radius 1 is 1.25 bits per heavy atom. The Labute approximate surface area is 184 Å². The van der Waals surface area contributed by atoms with Gasteiger partial charge >= 0.3 is 0 Å². The van der Waals surface area contributed by atoms with E-state index in [0.717, 1.165) is 25.0 Å². The number of aromatic nitrogens is 2. The van der Waals surface area contributed by atoms with E-state index in [1.54, 1.807) is 7.11 Å². The topological polar surface area (TPSA) is 112 Å². The summed E-state index contributed by atoms with van der Waals surface area (Å²) in [6.45, 7) is 3.05. The van der Waals surface area contributed by atoms with Crippen molar-refractivity contribution < 1.29 is 14.4 Å². The van der Waals surface area contributed by atoms with E-state index in [0.29, 0.717) is 35.0 Å². The summed E-state index contributed by atoms with van der Waals surface area (Å²) in [5, 5.41) is 14.1. The molecule has 1 aliphatic heterocycles. The summed E-state index contributed by atoms with van der Waals surface area (Å²) in [6, 6.07) is 13.2. The summed E-state index contributed by atoms with van der Waals surface area (Å²) in [4.78, 5) is 28.5. The number of nitro groups is 1. The largest absolute Gasteiger partial charge is 0.497 e. The molecule has 1 saturated heterocycles. The standard InChI is InChI=1S/C23H24N4O5/c1-15(24-14-20-4-3-13-32-20)21-22(16-5-11-19(31-2)12-6-16)25-26(23(21)28)17-7-9-18(10-8-17)27(29)30/h5-12,20,25H,3-4,13-14H2,1-2H3. The summed E-state index contributed by atoms with van der Waals surface area (Å²) in [7, 11) is 1.59. The molecule has 9 nitrogen and oxygen atoms in total. The summed E-state index contributed by atoms with van der Waals surface area (Å²) in [5.41, 5.74) is 2.64. The van der Waals surface area contributed by atoms with Crippen LogP contribution < -0.4 is 10.3 Å². The molecule has 0 bridgehead atoms. The van der Waals surface area contributed by atoms with Gasteiger partial charge in [-0.25, -0.2) is 4.68 Å². The van der Waals surface area contributed by atoms with Crippen molar-refractivity contribution in [1.29, 1.82) is 0 Å². The molecule has 2 heterocycles. The van der Waals surface area contributed by atoms with Crippen molar-refractivity contribution in [2.75, 3.05) is 20.3 Å². The first-order valence-corrected chi connectivity index (χ1v) is 10.3. The van der Waals surface area contributed by atoms with Crippen LogP contribution in [0.25, 0.3) is 16.9 Å². The third kappa shape index (κ3) is 4.33.